The van der Waals surface area contributed by atoms with Crippen LogP contribution in [-0.2, 0) is 44.9 Å². The van der Waals surface area contributed by atoms with Gasteiger partial charge in [0.15, 0.2) is 19.7 Å². The topological polar surface area (TPSA) is 120 Å². The number of sulfone groups is 2. The first kappa shape index (κ1) is 38.1. The average Bonchev–Trinajstić information content (AvgIpc) is 3.64. The molecule has 0 N–H and O–H groups in total. The summed E-state index contributed by atoms with van der Waals surface area (Å²) in [5.74, 6) is -0.207. The molecule has 270 valence electrons. The largest absolute Gasteiger partial charge is 0.417 e. The first-order valence-corrected chi connectivity index (χ1v) is 19.0. The second-order valence-electron chi connectivity index (χ2n) is 11.8. The number of aryl methyl sites for hydroxylation is 2. The molecule has 4 aromatic rings. The highest BCUT2D eigenvalue weighted by Gasteiger charge is 2.35. The average molecular weight is 771 g/mol. The molecule has 4 aromatic heterocycles. The summed E-state index contributed by atoms with van der Waals surface area (Å²) in [6.45, 7) is 6.50. The molecule has 0 unspecified atom stereocenters. The van der Waals surface area contributed by atoms with E-state index < -0.39 is 43.2 Å². The molecule has 0 saturated carbocycles. The molecule has 0 aliphatic heterocycles. The van der Waals surface area contributed by atoms with Crippen LogP contribution in [-0.4, -0.2) is 48.3 Å². The number of pyridine rings is 4. The first-order valence-electron chi connectivity index (χ1n) is 15.3. The SMILES string of the molecule is CCS(=O)(=O)c1cc(C)cnc1C1=C(Cl)c2ncc(C(F)(F)F)cc2C1.CCS(=O)(=O)c1cc(C)cnc1C1=Cc2ncc(C(F)(F)F)cc2C1. The Hall–Kier alpha value is -4.15. The fourth-order valence-corrected chi connectivity index (χ4v) is 8.08. The van der Waals surface area contributed by atoms with Gasteiger partial charge in [0.05, 0.1) is 60.2 Å². The standard InChI is InChI=1S/C17H14ClF3N2O2S.C17H15F3N2O2S/c1-3-26(24,25)13-4-9(2)7-22-16(13)12-6-10-5-11(17(19,20)21)8-23-15(10)14(12)18;1-3-25(23,24)15-4-10(2)8-22-16(15)12-5-11-6-13(17(18,19)20)9-21-14(11)7-12/h4-5,7-8H,3,6H2,1-2H3;4,6-9H,3,5H2,1-2H3. The highest BCUT2D eigenvalue weighted by Crippen LogP contribution is 2.43. The molecule has 8 nitrogen and oxygen atoms in total. The van der Waals surface area contributed by atoms with Crippen molar-refractivity contribution in [3.05, 3.63) is 105 Å². The lowest BCUT2D eigenvalue weighted by Gasteiger charge is -2.11. The van der Waals surface area contributed by atoms with E-state index in [4.69, 9.17) is 11.6 Å². The Morgan fingerprint density at radius 2 is 1.12 bits per heavy atom. The molecule has 0 spiro atoms. The highest BCUT2D eigenvalue weighted by atomic mass is 35.5. The summed E-state index contributed by atoms with van der Waals surface area (Å²) in [6, 6.07) is 5.07. The summed E-state index contributed by atoms with van der Waals surface area (Å²) in [5.41, 5.74) is 2.34. The van der Waals surface area contributed by atoms with Crippen molar-refractivity contribution >= 4 is 53.5 Å². The maximum absolute atomic E-state index is 12.9. The van der Waals surface area contributed by atoms with Gasteiger partial charge in [-0.1, -0.05) is 25.4 Å². The molecule has 0 amide bonds. The van der Waals surface area contributed by atoms with Crippen molar-refractivity contribution in [2.24, 2.45) is 0 Å². The highest BCUT2D eigenvalue weighted by molar-refractivity contribution is 7.91. The summed E-state index contributed by atoms with van der Waals surface area (Å²) in [7, 11) is -7.10. The lowest BCUT2D eigenvalue weighted by Crippen LogP contribution is -2.09. The normalized spacial score (nSPS) is 14.5. The van der Waals surface area contributed by atoms with Crippen molar-refractivity contribution in [3.63, 3.8) is 0 Å². The van der Waals surface area contributed by atoms with E-state index in [9.17, 15) is 43.2 Å². The lowest BCUT2D eigenvalue weighted by atomic mass is 10.1. The number of hydrogen-bond acceptors (Lipinski definition) is 8. The maximum atomic E-state index is 12.9. The van der Waals surface area contributed by atoms with Gasteiger partial charge in [-0.2, -0.15) is 26.3 Å². The third-order valence-electron chi connectivity index (χ3n) is 8.15. The molecule has 0 aromatic carbocycles. The van der Waals surface area contributed by atoms with E-state index in [-0.39, 0.29) is 56.3 Å². The molecule has 6 rings (SSSR count). The van der Waals surface area contributed by atoms with E-state index in [0.717, 1.165) is 24.5 Å². The van der Waals surface area contributed by atoms with Crippen molar-refractivity contribution in [2.45, 2.75) is 62.7 Å². The van der Waals surface area contributed by atoms with Gasteiger partial charge in [0, 0.05) is 43.2 Å². The maximum Gasteiger partial charge on any atom is 0.417 e. The molecule has 2 aliphatic carbocycles. The minimum atomic E-state index is -4.52. The van der Waals surface area contributed by atoms with Gasteiger partial charge in [0.2, 0.25) is 0 Å². The summed E-state index contributed by atoms with van der Waals surface area (Å²) in [4.78, 5) is 16.2. The predicted octanol–water partition coefficient (Wildman–Crippen LogP) is 7.95. The molecular weight excluding hydrogens is 742 g/mol. The van der Waals surface area contributed by atoms with Gasteiger partial charge in [-0.05, 0) is 72.0 Å². The van der Waals surface area contributed by atoms with Crippen LogP contribution in [0, 0.1) is 13.8 Å². The molecule has 2 aliphatic rings. The fraction of sp³-hybridized carbons (Fsp3) is 0.294. The van der Waals surface area contributed by atoms with Crippen molar-refractivity contribution in [3.8, 4) is 0 Å². The van der Waals surface area contributed by atoms with E-state index in [1.165, 1.54) is 26.1 Å². The number of nitrogens with zero attached hydrogens (tertiary/aromatic N) is 4. The molecular formula is C34H29ClF6N4O4S2. The Morgan fingerprint density at radius 3 is 1.65 bits per heavy atom. The van der Waals surface area contributed by atoms with Crippen LogP contribution in [0.3, 0.4) is 0 Å². The van der Waals surface area contributed by atoms with Crippen molar-refractivity contribution in [2.75, 3.05) is 11.5 Å². The van der Waals surface area contributed by atoms with E-state index in [2.05, 4.69) is 19.9 Å². The van der Waals surface area contributed by atoms with Crippen molar-refractivity contribution < 1.29 is 43.2 Å². The second-order valence-corrected chi connectivity index (χ2v) is 16.7. The van der Waals surface area contributed by atoms with Crippen LogP contribution in [0.5, 0.6) is 0 Å². The van der Waals surface area contributed by atoms with Gasteiger partial charge in [0.25, 0.3) is 0 Å². The molecule has 4 heterocycles. The Balaban J connectivity index is 0.000000198. The van der Waals surface area contributed by atoms with Crippen LogP contribution in [0.1, 0.15) is 70.0 Å². The number of hydrogen-bond donors (Lipinski definition) is 0. The Kier molecular flexibility index (Phi) is 10.3. The summed E-state index contributed by atoms with van der Waals surface area (Å²) < 4.78 is 127. The third kappa shape index (κ3) is 7.87. The second kappa shape index (κ2) is 13.8. The molecule has 0 fully saturated rings. The summed E-state index contributed by atoms with van der Waals surface area (Å²) in [5, 5.41) is 0.123. The molecule has 0 atom stereocenters. The summed E-state index contributed by atoms with van der Waals surface area (Å²) in [6.07, 6.45) is -2.65. The van der Waals surface area contributed by atoms with Crippen molar-refractivity contribution in [1.82, 2.24) is 19.9 Å². The van der Waals surface area contributed by atoms with Gasteiger partial charge in [-0.3, -0.25) is 19.9 Å². The van der Waals surface area contributed by atoms with Crippen LogP contribution < -0.4 is 0 Å². The van der Waals surface area contributed by atoms with Crippen LogP contribution in [0.4, 0.5) is 26.3 Å². The van der Waals surface area contributed by atoms with Gasteiger partial charge in [-0.25, -0.2) is 16.8 Å². The van der Waals surface area contributed by atoms with Gasteiger partial charge in [-0.15, -0.1) is 0 Å². The number of aromatic nitrogens is 4. The number of allylic oxidation sites excluding steroid dienone is 2. The van der Waals surface area contributed by atoms with E-state index >= 15 is 0 Å². The minimum absolute atomic E-state index is 0.0250. The van der Waals surface area contributed by atoms with Gasteiger partial charge < -0.3 is 0 Å². The van der Waals surface area contributed by atoms with Crippen LogP contribution >= 0.6 is 11.6 Å². The minimum Gasteiger partial charge on any atom is -0.256 e. The lowest BCUT2D eigenvalue weighted by molar-refractivity contribution is -0.138. The number of halogens is 7. The Labute approximate surface area is 295 Å². The van der Waals surface area contributed by atoms with Crippen LogP contribution in [0.2, 0.25) is 0 Å². The smallest absolute Gasteiger partial charge is 0.256 e. The number of rotatable bonds is 6. The molecule has 0 radical (unpaired) electrons. The summed E-state index contributed by atoms with van der Waals surface area (Å²) >= 11 is 6.32. The van der Waals surface area contributed by atoms with Crippen LogP contribution in [0.15, 0.2) is 58.8 Å². The Bertz CT molecular complexity index is 2340. The predicted molar refractivity (Wildman–Crippen MR) is 180 cm³/mol. The first-order chi connectivity index (χ1) is 23.7. The zero-order valence-corrected chi connectivity index (χ0v) is 29.8. The van der Waals surface area contributed by atoms with E-state index in [0.29, 0.717) is 39.1 Å². The molecule has 0 saturated heterocycles. The molecule has 0 bridgehead atoms. The molecule has 17 heteroatoms. The quantitative estimate of drug-likeness (QED) is 0.181. The van der Waals surface area contributed by atoms with Crippen LogP contribution in [0.25, 0.3) is 22.3 Å². The number of alkyl halides is 6. The van der Waals surface area contributed by atoms with Gasteiger partial charge >= 0.3 is 12.4 Å². The van der Waals surface area contributed by atoms with Gasteiger partial charge in [0.1, 0.15) is 0 Å². The fourth-order valence-electron chi connectivity index (χ4n) is 5.45. The number of fused-ring (bicyclic) bond motifs is 2. The van der Waals surface area contributed by atoms with Crippen molar-refractivity contribution in [1.29, 1.82) is 0 Å². The molecule has 51 heavy (non-hydrogen) atoms. The third-order valence-corrected chi connectivity index (χ3v) is 12.0. The monoisotopic (exact) mass is 770 g/mol. The Morgan fingerprint density at radius 1 is 0.647 bits per heavy atom. The van der Waals surface area contributed by atoms with E-state index in [1.807, 2.05) is 0 Å². The van der Waals surface area contributed by atoms with E-state index in [1.54, 1.807) is 32.2 Å². The zero-order valence-electron chi connectivity index (χ0n) is 27.4. The zero-order chi connectivity index (χ0) is 37.7.